The zero-order valence-corrected chi connectivity index (χ0v) is 13.2. The molecule has 1 aromatic carbocycles. The van der Waals surface area contributed by atoms with Crippen molar-refractivity contribution in [2.45, 2.75) is 13.0 Å². The lowest BCUT2D eigenvalue weighted by molar-refractivity contribution is 0.0935. The van der Waals surface area contributed by atoms with Crippen molar-refractivity contribution >= 4 is 34.9 Å². The van der Waals surface area contributed by atoms with E-state index in [1.807, 2.05) is 6.92 Å². The number of amides is 1. The van der Waals surface area contributed by atoms with Crippen LogP contribution < -0.4 is 10.6 Å². The van der Waals surface area contributed by atoms with E-state index in [1.165, 1.54) is 0 Å². The predicted molar refractivity (Wildman–Crippen MR) is 86.1 cm³/mol. The maximum Gasteiger partial charge on any atom is 0.270 e. The second-order valence-corrected chi connectivity index (χ2v) is 5.36. The van der Waals surface area contributed by atoms with E-state index >= 15 is 0 Å². The first-order chi connectivity index (χ1) is 10.0. The van der Waals surface area contributed by atoms with Gasteiger partial charge in [-0.1, -0.05) is 35.3 Å². The molecule has 1 unspecified atom stereocenters. The lowest BCUT2D eigenvalue weighted by atomic mass is 10.1. The number of carbonyl (C=O) groups is 1. The lowest BCUT2D eigenvalue weighted by Crippen LogP contribution is -2.27. The van der Waals surface area contributed by atoms with Crippen LogP contribution in [0, 0.1) is 0 Å². The molecule has 0 aliphatic carbocycles. The highest BCUT2D eigenvalue weighted by molar-refractivity contribution is 6.35. The van der Waals surface area contributed by atoms with Gasteiger partial charge in [0.1, 0.15) is 11.5 Å². The summed E-state index contributed by atoms with van der Waals surface area (Å²) >= 11 is 12.0. The molecule has 1 aromatic heterocycles. The number of anilines is 1. The molecule has 110 valence electrons. The third-order valence-corrected chi connectivity index (χ3v) is 3.58. The summed E-state index contributed by atoms with van der Waals surface area (Å²) in [5, 5.41) is 6.84. The first-order valence-corrected chi connectivity index (χ1v) is 7.17. The zero-order chi connectivity index (χ0) is 15.4. The highest BCUT2D eigenvalue weighted by atomic mass is 35.5. The molecular formula is C15H15Cl2N3O. The Bertz CT molecular complexity index is 661. The molecule has 1 heterocycles. The number of pyridine rings is 1. The number of carbonyl (C=O) groups excluding carboxylic acids is 1. The summed E-state index contributed by atoms with van der Waals surface area (Å²) in [6.07, 6.45) is 0. The zero-order valence-electron chi connectivity index (χ0n) is 11.7. The van der Waals surface area contributed by atoms with E-state index < -0.39 is 0 Å². The third-order valence-electron chi connectivity index (χ3n) is 3.01. The Hall–Kier alpha value is -1.78. The van der Waals surface area contributed by atoms with E-state index in [1.54, 1.807) is 43.4 Å². The Morgan fingerprint density at radius 1 is 1.24 bits per heavy atom. The third kappa shape index (κ3) is 3.86. The Balaban J connectivity index is 2.14. The van der Waals surface area contributed by atoms with Crippen LogP contribution in [0.25, 0.3) is 0 Å². The van der Waals surface area contributed by atoms with Crippen molar-refractivity contribution in [2.24, 2.45) is 0 Å². The van der Waals surface area contributed by atoms with Gasteiger partial charge >= 0.3 is 0 Å². The fourth-order valence-electron chi connectivity index (χ4n) is 1.90. The Kier molecular flexibility index (Phi) is 5.04. The molecule has 6 heteroatoms. The standard InChI is InChI=1S/C15H15Cl2N3O/c1-9(11-7-6-10(16)8-12(11)17)19-15(21)13-4-3-5-14(18-2)20-13/h3-9H,1-2H3,(H,18,20)(H,19,21). The van der Waals surface area contributed by atoms with Crippen molar-refractivity contribution in [2.75, 3.05) is 12.4 Å². The van der Waals surface area contributed by atoms with E-state index in [0.29, 0.717) is 21.6 Å². The van der Waals surface area contributed by atoms with Crippen molar-refractivity contribution in [1.29, 1.82) is 0 Å². The largest absolute Gasteiger partial charge is 0.373 e. The number of hydrogen-bond acceptors (Lipinski definition) is 3. The molecule has 0 bridgehead atoms. The Labute approximate surface area is 133 Å². The number of hydrogen-bond donors (Lipinski definition) is 2. The average Bonchev–Trinajstić information content (AvgIpc) is 2.47. The molecule has 2 aromatic rings. The molecule has 0 aliphatic rings. The van der Waals surface area contributed by atoms with E-state index in [4.69, 9.17) is 23.2 Å². The summed E-state index contributed by atoms with van der Waals surface area (Å²) in [6, 6.07) is 10.2. The monoisotopic (exact) mass is 323 g/mol. The van der Waals surface area contributed by atoms with Crippen LogP contribution in [0.15, 0.2) is 36.4 Å². The molecular weight excluding hydrogens is 309 g/mol. The van der Waals surface area contributed by atoms with E-state index in [-0.39, 0.29) is 11.9 Å². The number of halogens is 2. The van der Waals surface area contributed by atoms with Crippen molar-refractivity contribution in [3.63, 3.8) is 0 Å². The van der Waals surface area contributed by atoms with Crippen LogP contribution in [0.1, 0.15) is 29.0 Å². The minimum absolute atomic E-state index is 0.248. The van der Waals surface area contributed by atoms with Gasteiger partial charge in [0, 0.05) is 17.1 Å². The van der Waals surface area contributed by atoms with Crippen LogP contribution in [0.4, 0.5) is 5.82 Å². The van der Waals surface area contributed by atoms with Gasteiger partial charge in [0.15, 0.2) is 0 Å². The van der Waals surface area contributed by atoms with Crippen LogP contribution in [0.2, 0.25) is 10.0 Å². The first-order valence-electron chi connectivity index (χ1n) is 6.42. The van der Waals surface area contributed by atoms with Crippen molar-refractivity contribution in [3.8, 4) is 0 Å². The van der Waals surface area contributed by atoms with Crippen LogP contribution in [0.3, 0.4) is 0 Å². The van der Waals surface area contributed by atoms with Crippen LogP contribution in [0.5, 0.6) is 0 Å². The molecule has 0 aliphatic heterocycles. The number of benzene rings is 1. The van der Waals surface area contributed by atoms with Crippen LogP contribution in [-0.2, 0) is 0 Å². The minimum Gasteiger partial charge on any atom is -0.373 e. The van der Waals surface area contributed by atoms with Gasteiger partial charge < -0.3 is 10.6 Å². The predicted octanol–water partition coefficient (Wildman–Crippen LogP) is 3.92. The van der Waals surface area contributed by atoms with Crippen LogP contribution >= 0.6 is 23.2 Å². The smallest absolute Gasteiger partial charge is 0.270 e. The molecule has 0 radical (unpaired) electrons. The Morgan fingerprint density at radius 3 is 2.67 bits per heavy atom. The van der Waals surface area contributed by atoms with Gasteiger partial charge in [-0.3, -0.25) is 4.79 Å². The maximum atomic E-state index is 12.2. The van der Waals surface area contributed by atoms with Gasteiger partial charge in [0.25, 0.3) is 5.91 Å². The quantitative estimate of drug-likeness (QED) is 0.896. The second-order valence-electron chi connectivity index (χ2n) is 4.52. The minimum atomic E-state index is -0.259. The highest BCUT2D eigenvalue weighted by Crippen LogP contribution is 2.26. The molecule has 0 saturated heterocycles. The summed E-state index contributed by atoms with van der Waals surface area (Å²) in [6.45, 7) is 1.86. The molecule has 2 N–H and O–H groups in total. The lowest BCUT2D eigenvalue weighted by Gasteiger charge is -2.16. The molecule has 21 heavy (non-hydrogen) atoms. The summed E-state index contributed by atoms with van der Waals surface area (Å²) in [4.78, 5) is 16.4. The SMILES string of the molecule is CNc1cccc(C(=O)NC(C)c2ccc(Cl)cc2Cl)n1. The van der Waals surface area contributed by atoms with Crippen molar-refractivity contribution in [3.05, 3.63) is 57.7 Å². The summed E-state index contributed by atoms with van der Waals surface area (Å²) in [5.41, 5.74) is 1.15. The van der Waals surface area contributed by atoms with Crippen LogP contribution in [-0.4, -0.2) is 17.9 Å². The average molecular weight is 324 g/mol. The Morgan fingerprint density at radius 2 is 2.00 bits per heavy atom. The van der Waals surface area contributed by atoms with Gasteiger partial charge in [-0.05, 0) is 36.8 Å². The van der Waals surface area contributed by atoms with Crippen molar-refractivity contribution in [1.82, 2.24) is 10.3 Å². The maximum absolute atomic E-state index is 12.2. The second kappa shape index (κ2) is 6.78. The molecule has 1 atom stereocenters. The summed E-state index contributed by atoms with van der Waals surface area (Å²) in [5.74, 6) is 0.380. The van der Waals surface area contributed by atoms with E-state index in [9.17, 15) is 4.79 Å². The fourth-order valence-corrected chi connectivity index (χ4v) is 2.47. The normalized spacial score (nSPS) is 11.8. The summed E-state index contributed by atoms with van der Waals surface area (Å²) in [7, 11) is 1.75. The molecule has 0 saturated carbocycles. The van der Waals surface area contributed by atoms with Gasteiger partial charge in [-0.15, -0.1) is 0 Å². The fraction of sp³-hybridized carbons (Fsp3) is 0.200. The first kappa shape index (κ1) is 15.6. The van der Waals surface area contributed by atoms with E-state index in [0.717, 1.165) is 5.56 Å². The van der Waals surface area contributed by atoms with E-state index in [2.05, 4.69) is 15.6 Å². The molecule has 1 amide bonds. The molecule has 0 spiro atoms. The number of aromatic nitrogens is 1. The topological polar surface area (TPSA) is 54.0 Å². The molecule has 4 nitrogen and oxygen atoms in total. The van der Waals surface area contributed by atoms with Gasteiger partial charge in [-0.25, -0.2) is 4.98 Å². The molecule has 2 rings (SSSR count). The number of nitrogens with zero attached hydrogens (tertiary/aromatic N) is 1. The van der Waals surface area contributed by atoms with Crippen molar-refractivity contribution < 1.29 is 4.79 Å². The number of rotatable bonds is 4. The number of nitrogens with one attached hydrogen (secondary N) is 2. The van der Waals surface area contributed by atoms with Gasteiger partial charge in [0.05, 0.1) is 6.04 Å². The molecule has 0 fully saturated rings. The highest BCUT2D eigenvalue weighted by Gasteiger charge is 2.15. The summed E-state index contributed by atoms with van der Waals surface area (Å²) < 4.78 is 0. The van der Waals surface area contributed by atoms with Gasteiger partial charge in [0.2, 0.25) is 0 Å². The van der Waals surface area contributed by atoms with Gasteiger partial charge in [-0.2, -0.15) is 0 Å².